The molecule has 1 aliphatic rings. The lowest BCUT2D eigenvalue weighted by Crippen LogP contribution is -2.43. The van der Waals surface area contributed by atoms with Crippen molar-refractivity contribution in [2.75, 3.05) is 31.7 Å². The summed E-state index contributed by atoms with van der Waals surface area (Å²) < 4.78 is 56.5. The van der Waals surface area contributed by atoms with E-state index in [9.17, 15) is 22.0 Å². The Kier molecular flexibility index (Phi) is 7.61. The molecule has 6 nitrogen and oxygen atoms in total. The molecule has 1 heterocycles. The second-order valence-corrected chi connectivity index (χ2v) is 9.84. The molecule has 0 aromatic heterocycles. The van der Waals surface area contributed by atoms with Crippen molar-refractivity contribution < 1.29 is 26.7 Å². The van der Waals surface area contributed by atoms with Gasteiger partial charge in [0.25, 0.3) is 0 Å². The van der Waals surface area contributed by atoms with E-state index in [1.165, 1.54) is 18.2 Å². The highest BCUT2D eigenvalue weighted by atomic mass is 32.2. The van der Waals surface area contributed by atoms with Crippen molar-refractivity contribution >= 4 is 15.7 Å². The van der Waals surface area contributed by atoms with Crippen LogP contribution in [0.5, 0.6) is 5.75 Å². The Morgan fingerprint density at radius 1 is 1.16 bits per heavy atom. The number of carbonyl (C=O) groups is 1. The van der Waals surface area contributed by atoms with Crippen molar-refractivity contribution in [1.82, 2.24) is 10.2 Å². The van der Waals surface area contributed by atoms with Gasteiger partial charge in [-0.25, -0.2) is 17.2 Å². The Hall–Kier alpha value is -2.52. The first-order valence-corrected chi connectivity index (χ1v) is 11.9. The molecule has 0 saturated carbocycles. The van der Waals surface area contributed by atoms with Gasteiger partial charge in [-0.3, -0.25) is 9.69 Å². The van der Waals surface area contributed by atoms with E-state index in [0.29, 0.717) is 18.7 Å². The van der Waals surface area contributed by atoms with Gasteiger partial charge in [0, 0.05) is 24.7 Å². The third kappa shape index (κ3) is 6.48. The summed E-state index contributed by atoms with van der Waals surface area (Å²) in [7, 11) is -1.55. The van der Waals surface area contributed by atoms with Crippen LogP contribution in [0.25, 0.3) is 0 Å². The number of hydrogen-bond acceptors (Lipinski definition) is 5. The van der Waals surface area contributed by atoms with Crippen molar-refractivity contribution in [3.8, 4) is 5.75 Å². The maximum absolute atomic E-state index is 13.7. The van der Waals surface area contributed by atoms with Crippen molar-refractivity contribution in [2.24, 2.45) is 0 Å². The fourth-order valence-corrected chi connectivity index (χ4v) is 5.44. The number of ether oxygens (including phenoxy) is 1. The second-order valence-electron chi connectivity index (χ2n) is 7.61. The van der Waals surface area contributed by atoms with E-state index in [1.807, 2.05) is 29.2 Å². The van der Waals surface area contributed by atoms with E-state index in [4.69, 9.17) is 4.74 Å². The third-order valence-corrected chi connectivity index (χ3v) is 7.13. The summed E-state index contributed by atoms with van der Waals surface area (Å²) in [5.41, 5.74) is 0.853. The molecule has 168 valence electrons. The van der Waals surface area contributed by atoms with Crippen LogP contribution in [0.3, 0.4) is 0 Å². The van der Waals surface area contributed by atoms with E-state index in [1.54, 1.807) is 7.11 Å². The number of benzene rings is 2. The lowest BCUT2D eigenvalue weighted by Gasteiger charge is -2.27. The molecule has 1 atom stereocenters. The average Bonchev–Trinajstić information content (AvgIpc) is 3.10. The highest BCUT2D eigenvalue weighted by Gasteiger charge is 2.33. The molecule has 1 N–H and O–H groups in total. The zero-order valence-corrected chi connectivity index (χ0v) is 18.1. The van der Waals surface area contributed by atoms with Gasteiger partial charge in [0.2, 0.25) is 5.91 Å². The highest BCUT2D eigenvalue weighted by molar-refractivity contribution is 7.91. The van der Waals surface area contributed by atoms with Gasteiger partial charge in [0.1, 0.15) is 17.4 Å². The molecule has 2 aromatic carbocycles. The summed E-state index contributed by atoms with van der Waals surface area (Å²) in [4.78, 5) is 14.4. The van der Waals surface area contributed by atoms with Crippen LogP contribution in [0.15, 0.2) is 42.5 Å². The smallest absolute Gasteiger partial charge is 0.234 e. The van der Waals surface area contributed by atoms with Crippen molar-refractivity contribution in [1.29, 1.82) is 0 Å². The van der Waals surface area contributed by atoms with Crippen LogP contribution in [0.2, 0.25) is 0 Å². The van der Waals surface area contributed by atoms with Crippen LogP contribution in [-0.2, 0) is 27.6 Å². The summed E-state index contributed by atoms with van der Waals surface area (Å²) in [5, 5.41) is 2.68. The SMILES string of the molecule is COc1ccc(CN(CC(=O)NCCc2c(F)cccc2F)C2CCS(=O)(=O)C2)cc1. The normalized spacial score (nSPS) is 17.6. The van der Waals surface area contributed by atoms with E-state index < -0.39 is 21.5 Å². The molecule has 9 heteroatoms. The van der Waals surface area contributed by atoms with Crippen LogP contribution in [0.1, 0.15) is 17.5 Å². The van der Waals surface area contributed by atoms with Gasteiger partial charge in [0.15, 0.2) is 9.84 Å². The number of nitrogens with zero attached hydrogens (tertiary/aromatic N) is 1. The largest absolute Gasteiger partial charge is 0.497 e. The van der Waals surface area contributed by atoms with Crippen LogP contribution in [0, 0.1) is 11.6 Å². The van der Waals surface area contributed by atoms with Crippen LogP contribution < -0.4 is 10.1 Å². The zero-order valence-electron chi connectivity index (χ0n) is 17.3. The molecule has 1 aliphatic heterocycles. The zero-order chi connectivity index (χ0) is 22.4. The molecule has 0 spiro atoms. The van der Waals surface area contributed by atoms with Crippen LogP contribution in [-0.4, -0.2) is 57.0 Å². The molecular weight excluding hydrogens is 426 g/mol. The van der Waals surface area contributed by atoms with E-state index >= 15 is 0 Å². The Morgan fingerprint density at radius 3 is 2.42 bits per heavy atom. The highest BCUT2D eigenvalue weighted by Crippen LogP contribution is 2.21. The van der Waals surface area contributed by atoms with Gasteiger partial charge in [-0.15, -0.1) is 0 Å². The van der Waals surface area contributed by atoms with E-state index in [0.717, 1.165) is 5.56 Å². The molecule has 0 radical (unpaired) electrons. The van der Waals surface area contributed by atoms with E-state index in [2.05, 4.69) is 5.32 Å². The predicted molar refractivity (Wildman–Crippen MR) is 114 cm³/mol. The Labute approximate surface area is 181 Å². The molecule has 3 rings (SSSR count). The molecule has 2 aromatic rings. The maximum Gasteiger partial charge on any atom is 0.234 e. The first-order chi connectivity index (χ1) is 14.8. The lowest BCUT2D eigenvalue weighted by molar-refractivity contribution is -0.122. The van der Waals surface area contributed by atoms with Gasteiger partial charge in [0.05, 0.1) is 25.2 Å². The number of hydrogen-bond donors (Lipinski definition) is 1. The van der Waals surface area contributed by atoms with Crippen molar-refractivity contribution in [2.45, 2.75) is 25.4 Å². The number of sulfone groups is 1. The summed E-state index contributed by atoms with van der Waals surface area (Å²) >= 11 is 0. The molecule has 1 amide bonds. The molecule has 0 bridgehead atoms. The molecular formula is C22H26F2N2O4S. The number of halogens is 2. The lowest BCUT2D eigenvalue weighted by atomic mass is 10.1. The van der Waals surface area contributed by atoms with Crippen molar-refractivity contribution in [3.05, 3.63) is 65.2 Å². The minimum atomic E-state index is -3.12. The Morgan fingerprint density at radius 2 is 1.84 bits per heavy atom. The minimum absolute atomic E-state index is 0.00797. The topological polar surface area (TPSA) is 75.7 Å². The second kappa shape index (κ2) is 10.2. The maximum atomic E-state index is 13.7. The minimum Gasteiger partial charge on any atom is -0.497 e. The molecule has 0 aliphatic carbocycles. The number of carbonyl (C=O) groups excluding carboxylic acids is 1. The number of methoxy groups -OCH3 is 1. The monoisotopic (exact) mass is 452 g/mol. The first-order valence-electron chi connectivity index (χ1n) is 10.0. The standard InChI is InChI=1S/C22H26F2N2O4S/c1-30-18-7-5-16(6-8-18)13-26(17-10-12-31(28,29)15-17)14-22(27)25-11-9-19-20(23)3-2-4-21(19)24/h2-8,17H,9-15H2,1H3,(H,25,27). The molecule has 1 fully saturated rings. The van der Waals surface area contributed by atoms with Crippen molar-refractivity contribution in [3.63, 3.8) is 0 Å². The number of nitrogens with one attached hydrogen (secondary N) is 1. The summed E-state index contributed by atoms with van der Waals surface area (Å²) in [6.45, 7) is 0.474. The summed E-state index contributed by atoms with van der Waals surface area (Å²) in [5.74, 6) is -0.800. The van der Waals surface area contributed by atoms with Crippen LogP contribution in [0.4, 0.5) is 8.78 Å². The summed E-state index contributed by atoms with van der Waals surface area (Å²) in [6.07, 6.45) is 0.493. The molecule has 1 saturated heterocycles. The fourth-order valence-electron chi connectivity index (χ4n) is 3.68. The van der Waals surface area contributed by atoms with Gasteiger partial charge < -0.3 is 10.1 Å². The van der Waals surface area contributed by atoms with Gasteiger partial charge in [-0.05, 0) is 42.7 Å². The Balaban J connectivity index is 1.62. The third-order valence-electron chi connectivity index (χ3n) is 5.38. The van der Waals surface area contributed by atoms with E-state index in [-0.39, 0.29) is 48.5 Å². The molecule has 31 heavy (non-hydrogen) atoms. The summed E-state index contributed by atoms with van der Waals surface area (Å²) in [6, 6.07) is 10.7. The van der Waals surface area contributed by atoms with Gasteiger partial charge in [-0.1, -0.05) is 18.2 Å². The fraction of sp³-hybridized carbons (Fsp3) is 0.409. The Bertz CT molecular complexity index is 992. The number of rotatable bonds is 9. The van der Waals surface area contributed by atoms with Gasteiger partial charge >= 0.3 is 0 Å². The van der Waals surface area contributed by atoms with Gasteiger partial charge in [-0.2, -0.15) is 0 Å². The predicted octanol–water partition coefficient (Wildman–Crippen LogP) is 2.32. The van der Waals surface area contributed by atoms with Crippen LogP contribution >= 0.6 is 0 Å². The quantitative estimate of drug-likeness (QED) is 0.632. The first kappa shape index (κ1) is 23.1. The molecule has 1 unspecified atom stereocenters. The number of amides is 1. The average molecular weight is 453 g/mol.